The van der Waals surface area contributed by atoms with Crippen molar-refractivity contribution in [3.8, 4) is 0 Å². The Balaban J connectivity index is 1.15. The largest absolute Gasteiger partial charge is 0.289 e. The number of rotatable bonds is 22. The molecule has 238 valence electrons. The lowest BCUT2D eigenvalue weighted by Gasteiger charge is -2.02. The van der Waals surface area contributed by atoms with Gasteiger partial charge < -0.3 is 0 Å². The van der Waals surface area contributed by atoms with E-state index in [9.17, 15) is 9.59 Å². The summed E-state index contributed by atoms with van der Waals surface area (Å²) in [6, 6.07) is 8.35. The van der Waals surface area contributed by atoms with Crippen molar-refractivity contribution in [1.82, 2.24) is 0 Å². The fraction of sp³-hybridized carbons (Fsp3) is 0.600. The molecular formula is C40H54O2S2. The summed E-state index contributed by atoms with van der Waals surface area (Å²) in [5, 5.41) is 5.27. The molecule has 0 radical (unpaired) electrons. The predicted molar refractivity (Wildman–Crippen MR) is 198 cm³/mol. The highest BCUT2D eigenvalue weighted by molar-refractivity contribution is 7.20. The molecule has 2 nitrogen and oxygen atoms in total. The molecule has 0 atom stereocenters. The maximum atomic E-state index is 13.5. The summed E-state index contributed by atoms with van der Waals surface area (Å²) in [6.07, 6.45) is 28.9. The molecule has 0 aliphatic rings. The molecule has 0 aliphatic heterocycles. The lowest BCUT2D eigenvalue weighted by molar-refractivity contribution is 0.557. The first-order chi connectivity index (χ1) is 21.6. The van der Waals surface area contributed by atoms with Crippen LogP contribution in [0.5, 0.6) is 0 Å². The summed E-state index contributed by atoms with van der Waals surface area (Å²) >= 11 is 3.55. The van der Waals surface area contributed by atoms with Crippen LogP contribution in [0.4, 0.5) is 0 Å². The fourth-order valence-corrected chi connectivity index (χ4v) is 9.53. The normalized spacial score (nSPS) is 12.2. The van der Waals surface area contributed by atoms with E-state index in [0.717, 1.165) is 54.6 Å². The zero-order valence-electron chi connectivity index (χ0n) is 27.5. The van der Waals surface area contributed by atoms with Gasteiger partial charge in [0.2, 0.25) is 0 Å². The van der Waals surface area contributed by atoms with E-state index in [1.54, 1.807) is 22.7 Å². The van der Waals surface area contributed by atoms with E-state index in [1.165, 1.54) is 138 Å². The third-order valence-corrected chi connectivity index (χ3v) is 12.2. The van der Waals surface area contributed by atoms with Gasteiger partial charge in [0.1, 0.15) is 0 Å². The van der Waals surface area contributed by atoms with Gasteiger partial charge in [-0.2, -0.15) is 0 Å². The molecule has 0 spiro atoms. The second kappa shape index (κ2) is 17.0. The Labute approximate surface area is 272 Å². The summed E-state index contributed by atoms with van der Waals surface area (Å²) in [5.74, 6) is 0. The Bertz CT molecular complexity index is 1570. The van der Waals surface area contributed by atoms with Crippen molar-refractivity contribution in [2.45, 2.75) is 155 Å². The van der Waals surface area contributed by atoms with Gasteiger partial charge in [-0.1, -0.05) is 129 Å². The van der Waals surface area contributed by atoms with Gasteiger partial charge in [-0.3, -0.25) is 9.59 Å². The molecular weight excluding hydrogens is 577 g/mol. The van der Waals surface area contributed by atoms with E-state index in [-0.39, 0.29) is 10.9 Å². The molecule has 0 bridgehead atoms. The minimum absolute atomic E-state index is 0.145. The molecule has 0 fully saturated rings. The van der Waals surface area contributed by atoms with Crippen molar-refractivity contribution in [2.24, 2.45) is 0 Å². The molecule has 0 unspecified atom stereocenters. The van der Waals surface area contributed by atoms with Crippen LogP contribution in [0.3, 0.4) is 0 Å². The summed E-state index contributed by atoms with van der Waals surface area (Å²) < 4.78 is 2.17. The van der Waals surface area contributed by atoms with Gasteiger partial charge in [0.05, 0.1) is 0 Å². The van der Waals surface area contributed by atoms with Crippen molar-refractivity contribution >= 4 is 64.4 Å². The molecule has 3 aromatic carbocycles. The highest BCUT2D eigenvalue weighted by atomic mass is 32.1. The standard InChI is InChI=1S/C40H54O2S2/c1-3-5-7-9-11-13-15-17-19-21-23-29-25-35-37(41)31-28-34-32(27-33(31)39(35)43-29)38(42)36-26-30(44-40(34)36)24-22-20-18-16-14-12-10-8-6-4-2/h25-28H,3-24H2,1-2H3. The minimum Gasteiger partial charge on any atom is -0.289 e. The van der Waals surface area contributed by atoms with Crippen LogP contribution in [0.15, 0.2) is 33.9 Å². The number of aryl methyl sites for hydroxylation is 2. The summed E-state index contributed by atoms with van der Waals surface area (Å²) in [4.78, 5) is 29.6. The van der Waals surface area contributed by atoms with Gasteiger partial charge in [0.25, 0.3) is 0 Å². The Kier molecular flexibility index (Phi) is 12.9. The van der Waals surface area contributed by atoms with Gasteiger partial charge in [-0.25, -0.2) is 0 Å². The van der Waals surface area contributed by atoms with Gasteiger partial charge >= 0.3 is 0 Å². The van der Waals surface area contributed by atoms with E-state index in [2.05, 4.69) is 26.0 Å². The molecule has 2 heterocycles. The number of unbranched alkanes of at least 4 members (excludes halogenated alkanes) is 18. The average molecular weight is 631 g/mol. The topological polar surface area (TPSA) is 34.1 Å². The molecule has 2 aromatic heterocycles. The molecule has 44 heavy (non-hydrogen) atoms. The molecule has 0 saturated heterocycles. The lowest BCUT2D eigenvalue weighted by atomic mass is 10.1. The Morgan fingerprint density at radius 1 is 0.386 bits per heavy atom. The van der Waals surface area contributed by atoms with Crippen LogP contribution in [0.2, 0.25) is 0 Å². The maximum Gasteiger partial charge on any atom is 0.195 e. The SMILES string of the molecule is CCCCCCCCCCCCc1cc2c(=O)c3cc4c(cc3c2s1)c(=O)c1cc(CCCCCCCCCCCC)sc14. The summed E-state index contributed by atoms with van der Waals surface area (Å²) in [5.41, 5.74) is 0.290. The van der Waals surface area contributed by atoms with Crippen LogP contribution in [0, 0.1) is 0 Å². The number of hydrogen-bond acceptors (Lipinski definition) is 4. The quantitative estimate of drug-likeness (QED) is 0.0713. The predicted octanol–water partition coefficient (Wildman–Crippen LogP) is 12.9. The first-order valence-corrected chi connectivity index (χ1v) is 19.8. The molecule has 4 heteroatoms. The summed E-state index contributed by atoms with van der Waals surface area (Å²) in [7, 11) is 0. The van der Waals surface area contributed by atoms with Crippen LogP contribution in [0.1, 0.15) is 152 Å². The van der Waals surface area contributed by atoms with Gasteiger partial charge in [-0.15, -0.1) is 22.7 Å². The molecule has 0 saturated carbocycles. The van der Waals surface area contributed by atoms with Crippen LogP contribution in [-0.4, -0.2) is 0 Å². The summed E-state index contributed by atoms with van der Waals surface area (Å²) in [6.45, 7) is 4.55. The van der Waals surface area contributed by atoms with Crippen LogP contribution in [-0.2, 0) is 12.8 Å². The zero-order chi connectivity index (χ0) is 30.7. The van der Waals surface area contributed by atoms with Crippen molar-refractivity contribution in [1.29, 1.82) is 0 Å². The minimum atomic E-state index is 0.145. The van der Waals surface area contributed by atoms with Crippen LogP contribution < -0.4 is 10.9 Å². The second-order valence-electron chi connectivity index (χ2n) is 13.4. The fourth-order valence-electron chi connectivity index (χ4n) is 7.08. The van der Waals surface area contributed by atoms with Crippen molar-refractivity contribution in [2.75, 3.05) is 0 Å². The van der Waals surface area contributed by atoms with E-state index in [1.807, 2.05) is 12.1 Å². The van der Waals surface area contributed by atoms with E-state index < -0.39 is 0 Å². The lowest BCUT2D eigenvalue weighted by Crippen LogP contribution is -1.95. The van der Waals surface area contributed by atoms with E-state index in [4.69, 9.17) is 0 Å². The number of thiophene rings is 2. The smallest absolute Gasteiger partial charge is 0.195 e. The van der Waals surface area contributed by atoms with Gasteiger partial charge in [-0.05, 0) is 49.9 Å². The zero-order valence-corrected chi connectivity index (χ0v) is 29.1. The van der Waals surface area contributed by atoms with Crippen molar-refractivity contribution in [3.63, 3.8) is 0 Å². The highest BCUT2D eigenvalue weighted by Crippen LogP contribution is 2.38. The number of benzene rings is 1. The number of fused-ring (bicyclic) bond motifs is 6. The van der Waals surface area contributed by atoms with E-state index in [0.29, 0.717) is 0 Å². The second-order valence-corrected chi connectivity index (χ2v) is 15.7. The third-order valence-electron chi connectivity index (χ3n) is 9.75. The van der Waals surface area contributed by atoms with Crippen molar-refractivity contribution in [3.05, 3.63) is 54.5 Å². The monoisotopic (exact) mass is 630 g/mol. The highest BCUT2D eigenvalue weighted by Gasteiger charge is 2.19. The Hall–Kier alpha value is -2.04. The molecule has 5 rings (SSSR count). The molecule has 0 aliphatic carbocycles. The van der Waals surface area contributed by atoms with Crippen molar-refractivity contribution < 1.29 is 0 Å². The van der Waals surface area contributed by atoms with Crippen LogP contribution in [0.25, 0.3) is 41.7 Å². The van der Waals surface area contributed by atoms with Gasteiger partial charge in [0.15, 0.2) is 10.9 Å². The molecule has 0 amide bonds. The molecule has 5 aromatic rings. The number of hydrogen-bond donors (Lipinski definition) is 0. The molecule has 0 N–H and O–H groups in total. The third kappa shape index (κ3) is 8.21. The first kappa shape index (κ1) is 33.3. The average Bonchev–Trinajstić information content (AvgIpc) is 3.76. The van der Waals surface area contributed by atoms with E-state index >= 15 is 0 Å². The van der Waals surface area contributed by atoms with Gasteiger partial charge in [0, 0.05) is 51.5 Å². The Morgan fingerprint density at radius 2 is 0.705 bits per heavy atom. The maximum absolute atomic E-state index is 13.5. The Morgan fingerprint density at radius 3 is 1.05 bits per heavy atom. The van der Waals surface area contributed by atoms with Crippen LogP contribution >= 0.6 is 22.7 Å². The first-order valence-electron chi connectivity index (χ1n) is 18.2.